The number of para-hydroxylation sites is 2. The third-order valence-corrected chi connectivity index (χ3v) is 6.08. The van der Waals surface area contributed by atoms with E-state index in [1.165, 1.54) is 13.2 Å². The lowest BCUT2D eigenvalue weighted by molar-refractivity contribution is -0.112. The number of nitriles is 1. The van der Waals surface area contributed by atoms with Gasteiger partial charge in [0.15, 0.2) is 23.0 Å². The molecule has 0 saturated carbocycles. The number of sulfone groups is 1. The molecule has 1 amide bonds. The van der Waals surface area contributed by atoms with E-state index in [-0.39, 0.29) is 23.9 Å². The maximum Gasteiger partial charge on any atom is 0.268 e. The van der Waals surface area contributed by atoms with Crippen LogP contribution in [-0.4, -0.2) is 57.4 Å². The van der Waals surface area contributed by atoms with Crippen LogP contribution in [0.25, 0.3) is 6.08 Å². The summed E-state index contributed by atoms with van der Waals surface area (Å²) < 4.78 is 48.7. The molecule has 3 rings (SSSR count). The summed E-state index contributed by atoms with van der Waals surface area (Å²) in [5.41, 5.74) is 0.275. The van der Waals surface area contributed by atoms with Crippen LogP contribution in [0.3, 0.4) is 0 Å². The molecule has 1 aromatic heterocycles. The number of carbonyl (C=O) groups excluding carboxylic acids is 1. The van der Waals surface area contributed by atoms with Gasteiger partial charge in [0.2, 0.25) is 15.0 Å². The number of hydrogen-bond acceptors (Lipinski definition) is 11. The van der Waals surface area contributed by atoms with E-state index in [0.717, 1.165) is 6.26 Å². The molecule has 13 heteroatoms. The predicted octanol–water partition coefficient (Wildman–Crippen LogP) is 2.96. The molecule has 1 heterocycles. The van der Waals surface area contributed by atoms with Gasteiger partial charge < -0.3 is 18.9 Å². The number of amides is 1. The van der Waals surface area contributed by atoms with E-state index in [2.05, 4.69) is 14.7 Å². The van der Waals surface area contributed by atoms with E-state index in [4.69, 9.17) is 18.9 Å². The highest BCUT2D eigenvalue weighted by atomic mass is 32.2. The Hall–Kier alpha value is -4.15. The third-order valence-electron chi connectivity index (χ3n) is 4.49. The first kappa shape index (κ1) is 26.5. The van der Waals surface area contributed by atoms with Crippen LogP contribution < -0.4 is 24.3 Å². The molecule has 0 fully saturated rings. The molecule has 0 aliphatic rings. The van der Waals surface area contributed by atoms with Gasteiger partial charge in [-0.3, -0.25) is 10.1 Å². The number of rotatable bonds is 11. The van der Waals surface area contributed by atoms with Crippen LogP contribution in [-0.2, 0) is 14.6 Å². The van der Waals surface area contributed by atoms with Crippen LogP contribution >= 0.6 is 11.5 Å². The van der Waals surface area contributed by atoms with Crippen molar-refractivity contribution in [2.75, 3.05) is 39.0 Å². The van der Waals surface area contributed by atoms with Crippen molar-refractivity contribution in [1.29, 1.82) is 5.26 Å². The van der Waals surface area contributed by atoms with Crippen molar-refractivity contribution in [2.45, 2.75) is 5.16 Å². The lowest BCUT2D eigenvalue weighted by Gasteiger charge is -2.13. The molecule has 3 aromatic rings. The molecule has 0 bridgehead atoms. The fourth-order valence-electron chi connectivity index (χ4n) is 2.83. The average molecular weight is 531 g/mol. The number of carbonyl (C=O) groups is 1. The zero-order valence-corrected chi connectivity index (χ0v) is 21.2. The number of nitrogens with one attached hydrogen (secondary N) is 1. The molecule has 0 spiro atoms. The SMILES string of the molecule is COc1ccccc1OCCOc1ccc(/C=C(/C#N)C(=O)Nc2nc(S(C)(=O)=O)ns2)cc1OC. The van der Waals surface area contributed by atoms with Crippen molar-refractivity contribution in [1.82, 2.24) is 9.36 Å². The first-order chi connectivity index (χ1) is 17.2. The van der Waals surface area contributed by atoms with Gasteiger partial charge in [0.05, 0.1) is 14.2 Å². The highest BCUT2D eigenvalue weighted by Gasteiger charge is 2.18. The van der Waals surface area contributed by atoms with Crippen molar-refractivity contribution in [3.05, 3.63) is 53.6 Å². The Morgan fingerprint density at radius 3 is 2.28 bits per heavy atom. The number of ether oxygens (including phenoxy) is 4. The molecule has 0 saturated heterocycles. The molecule has 36 heavy (non-hydrogen) atoms. The summed E-state index contributed by atoms with van der Waals surface area (Å²) in [6.07, 6.45) is 2.31. The van der Waals surface area contributed by atoms with E-state index in [1.807, 2.05) is 18.2 Å². The highest BCUT2D eigenvalue weighted by molar-refractivity contribution is 7.90. The monoisotopic (exact) mass is 530 g/mol. The normalized spacial score (nSPS) is 11.3. The first-order valence-electron chi connectivity index (χ1n) is 10.3. The van der Waals surface area contributed by atoms with Crippen molar-refractivity contribution in [3.63, 3.8) is 0 Å². The van der Waals surface area contributed by atoms with E-state index < -0.39 is 20.9 Å². The van der Waals surface area contributed by atoms with Crippen molar-refractivity contribution >= 4 is 38.5 Å². The van der Waals surface area contributed by atoms with Gasteiger partial charge in [0, 0.05) is 17.8 Å². The number of anilines is 1. The van der Waals surface area contributed by atoms with E-state index in [0.29, 0.717) is 40.1 Å². The average Bonchev–Trinajstić information content (AvgIpc) is 3.34. The van der Waals surface area contributed by atoms with Crippen LogP contribution in [0, 0.1) is 11.3 Å². The molecule has 0 unspecified atom stereocenters. The largest absolute Gasteiger partial charge is 0.493 e. The Labute approximate surface area is 212 Å². The predicted molar refractivity (Wildman–Crippen MR) is 132 cm³/mol. The van der Waals surface area contributed by atoms with Gasteiger partial charge in [0.25, 0.3) is 11.1 Å². The molecule has 11 nitrogen and oxygen atoms in total. The van der Waals surface area contributed by atoms with Crippen LogP contribution in [0.15, 0.2) is 53.2 Å². The Balaban J connectivity index is 1.65. The standard InChI is InChI=1S/C23H22N4O7S2/c1-31-17-6-4-5-7-18(17)33-10-11-34-19-9-8-15(13-20(19)32-2)12-16(14-24)21(28)25-22-26-23(27-35-22)36(3,29)30/h4-9,12-13H,10-11H2,1-3H3,(H,25,26,27,28)/b16-12-. The zero-order chi connectivity index (χ0) is 26.1. The van der Waals surface area contributed by atoms with Gasteiger partial charge in [0.1, 0.15) is 24.9 Å². The van der Waals surface area contributed by atoms with Gasteiger partial charge in [-0.05, 0) is 35.9 Å². The minimum absolute atomic E-state index is 0.0433. The van der Waals surface area contributed by atoms with Gasteiger partial charge in [-0.2, -0.15) is 14.6 Å². The van der Waals surface area contributed by atoms with Gasteiger partial charge >= 0.3 is 0 Å². The van der Waals surface area contributed by atoms with Crippen molar-refractivity contribution in [2.24, 2.45) is 0 Å². The first-order valence-corrected chi connectivity index (χ1v) is 12.9. The molecule has 1 N–H and O–H groups in total. The van der Waals surface area contributed by atoms with Crippen molar-refractivity contribution in [3.8, 4) is 29.1 Å². The quantitative estimate of drug-likeness (QED) is 0.223. The summed E-state index contributed by atoms with van der Waals surface area (Å²) in [7, 11) is -0.584. The summed E-state index contributed by atoms with van der Waals surface area (Å²) >= 11 is 0.694. The number of benzene rings is 2. The molecule has 0 aliphatic carbocycles. The second-order valence-corrected chi connectivity index (χ2v) is 9.70. The summed E-state index contributed by atoms with van der Waals surface area (Å²) in [5, 5.41) is 11.4. The molecule has 0 atom stereocenters. The lowest BCUT2D eigenvalue weighted by atomic mass is 10.1. The maximum atomic E-state index is 12.5. The Bertz CT molecular complexity index is 1410. The number of nitrogens with zero attached hydrogens (tertiary/aromatic N) is 3. The lowest BCUT2D eigenvalue weighted by Crippen LogP contribution is -2.13. The van der Waals surface area contributed by atoms with Gasteiger partial charge in [-0.1, -0.05) is 18.2 Å². The minimum atomic E-state index is -3.61. The molecule has 0 aliphatic heterocycles. The topological polar surface area (TPSA) is 150 Å². The molecule has 2 aromatic carbocycles. The van der Waals surface area contributed by atoms with Crippen molar-refractivity contribution < 1.29 is 32.2 Å². The summed E-state index contributed by atoms with van der Waals surface area (Å²) in [6, 6.07) is 14.0. The second-order valence-electron chi connectivity index (χ2n) is 7.04. The fourth-order valence-corrected chi connectivity index (χ4v) is 4.26. The van der Waals surface area contributed by atoms with E-state index in [1.54, 1.807) is 37.4 Å². The van der Waals surface area contributed by atoms with E-state index in [9.17, 15) is 18.5 Å². The fraction of sp³-hybridized carbons (Fsp3) is 0.217. The van der Waals surface area contributed by atoms with E-state index >= 15 is 0 Å². The highest BCUT2D eigenvalue weighted by Crippen LogP contribution is 2.30. The smallest absolute Gasteiger partial charge is 0.268 e. The van der Waals surface area contributed by atoms with Gasteiger partial charge in [-0.25, -0.2) is 8.42 Å². The summed E-state index contributed by atoms with van der Waals surface area (Å²) in [4.78, 5) is 16.2. The summed E-state index contributed by atoms with van der Waals surface area (Å²) in [5.74, 6) is 1.29. The van der Waals surface area contributed by atoms with Crippen LogP contribution in [0.4, 0.5) is 5.13 Å². The number of methoxy groups -OCH3 is 2. The molecular weight excluding hydrogens is 508 g/mol. The molecular formula is C23H22N4O7S2. The van der Waals surface area contributed by atoms with Gasteiger partial charge in [-0.15, -0.1) is 0 Å². The Morgan fingerprint density at radius 1 is 1.06 bits per heavy atom. The third kappa shape index (κ3) is 6.94. The zero-order valence-electron chi connectivity index (χ0n) is 19.5. The van der Waals surface area contributed by atoms with Crippen LogP contribution in [0.1, 0.15) is 5.56 Å². The summed E-state index contributed by atoms with van der Waals surface area (Å²) in [6.45, 7) is 0.489. The minimum Gasteiger partial charge on any atom is -0.493 e. The second kappa shape index (κ2) is 12.0. The molecule has 0 radical (unpaired) electrons. The number of aromatic nitrogens is 2. The molecule has 188 valence electrons. The Kier molecular flexibility index (Phi) is 8.82. The maximum absolute atomic E-state index is 12.5. The Morgan fingerprint density at radius 2 is 1.69 bits per heavy atom. The number of hydrogen-bond donors (Lipinski definition) is 1. The van der Waals surface area contributed by atoms with Crippen LogP contribution in [0.5, 0.6) is 23.0 Å². The van der Waals surface area contributed by atoms with Crippen LogP contribution in [0.2, 0.25) is 0 Å².